The average Bonchev–Trinajstić information content (AvgIpc) is 2.46. The Morgan fingerprint density at radius 3 is 2.70 bits per heavy atom. The van der Waals surface area contributed by atoms with Gasteiger partial charge in [0.1, 0.15) is 0 Å². The fraction of sp³-hybridized carbons (Fsp3) is 0.733. The lowest BCUT2D eigenvalue weighted by Crippen LogP contribution is -2.41. The zero-order valence-corrected chi connectivity index (χ0v) is 12.8. The molecule has 0 spiro atoms. The van der Waals surface area contributed by atoms with Crippen molar-refractivity contribution < 1.29 is 0 Å². The molecule has 0 aromatic carbocycles. The highest BCUT2D eigenvalue weighted by atomic mass is 16.1. The van der Waals surface area contributed by atoms with Gasteiger partial charge in [0.25, 0.3) is 5.56 Å². The molecular formula is C15H26N4O. The molecule has 1 aliphatic rings. The van der Waals surface area contributed by atoms with E-state index in [0.717, 1.165) is 44.9 Å². The van der Waals surface area contributed by atoms with Crippen LogP contribution in [0.25, 0.3) is 0 Å². The molecule has 0 atom stereocenters. The molecule has 2 rings (SSSR count). The zero-order chi connectivity index (χ0) is 14.5. The number of nitrogens with zero attached hydrogens (tertiary/aromatic N) is 3. The van der Waals surface area contributed by atoms with E-state index in [1.807, 2.05) is 13.8 Å². The van der Waals surface area contributed by atoms with Crippen LogP contribution in [0.1, 0.15) is 39.7 Å². The third-order valence-corrected chi connectivity index (χ3v) is 4.00. The number of hydrogen-bond donors (Lipinski definition) is 1. The maximum Gasteiger partial charge on any atom is 0.293 e. The Labute approximate surface area is 121 Å². The van der Waals surface area contributed by atoms with Crippen molar-refractivity contribution in [3.05, 3.63) is 22.7 Å². The number of hydrogen-bond acceptors (Lipinski definition) is 4. The standard InChI is InChI=1S/C15H26N4O/c1-4-16-11-13-5-8-18(9-6-13)14-15(20)19(12(2)3)10-7-17-14/h7,10,12-13,16H,4-6,8-9,11H2,1-3H3. The summed E-state index contributed by atoms with van der Waals surface area (Å²) in [6, 6.07) is 0.176. The predicted octanol–water partition coefficient (Wildman–Crippen LogP) is 1.65. The second-order valence-corrected chi connectivity index (χ2v) is 5.80. The molecule has 0 saturated carbocycles. The van der Waals surface area contributed by atoms with Crippen molar-refractivity contribution in [3.8, 4) is 0 Å². The Morgan fingerprint density at radius 1 is 1.40 bits per heavy atom. The minimum absolute atomic E-state index is 0.0348. The first-order valence-electron chi connectivity index (χ1n) is 7.66. The van der Waals surface area contributed by atoms with Gasteiger partial charge in [0.2, 0.25) is 0 Å². The first-order chi connectivity index (χ1) is 9.63. The Morgan fingerprint density at radius 2 is 2.10 bits per heavy atom. The molecule has 5 heteroatoms. The molecule has 20 heavy (non-hydrogen) atoms. The van der Waals surface area contributed by atoms with Gasteiger partial charge in [-0.15, -0.1) is 0 Å². The van der Waals surface area contributed by atoms with Crippen molar-refractivity contribution in [3.63, 3.8) is 0 Å². The van der Waals surface area contributed by atoms with Gasteiger partial charge >= 0.3 is 0 Å². The van der Waals surface area contributed by atoms with E-state index < -0.39 is 0 Å². The first-order valence-corrected chi connectivity index (χ1v) is 7.66. The molecule has 112 valence electrons. The largest absolute Gasteiger partial charge is 0.352 e. The zero-order valence-electron chi connectivity index (χ0n) is 12.8. The summed E-state index contributed by atoms with van der Waals surface area (Å²) in [5.74, 6) is 1.34. The van der Waals surface area contributed by atoms with E-state index in [4.69, 9.17) is 0 Å². The van der Waals surface area contributed by atoms with Gasteiger partial charge in [0, 0.05) is 31.5 Å². The molecule has 1 aliphatic heterocycles. The van der Waals surface area contributed by atoms with E-state index in [2.05, 4.69) is 22.1 Å². The fourth-order valence-electron chi connectivity index (χ4n) is 2.74. The first kappa shape index (κ1) is 15.0. The summed E-state index contributed by atoms with van der Waals surface area (Å²) in [6.07, 6.45) is 5.77. The van der Waals surface area contributed by atoms with Crippen LogP contribution in [0.4, 0.5) is 5.82 Å². The fourth-order valence-corrected chi connectivity index (χ4v) is 2.74. The summed E-state index contributed by atoms with van der Waals surface area (Å²) in [7, 11) is 0. The monoisotopic (exact) mass is 278 g/mol. The maximum atomic E-state index is 12.4. The van der Waals surface area contributed by atoms with Crippen LogP contribution in [0, 0.1) is 5.92 Å². The summed E-state index contributed by atoms with van der Waals surface area (Å²) in [5.41, 5.74) is 0.0348. The molecule has 0 radical (unpaired) electrons. The van der Waals surface area contributed by atoms with Gasteiger partial charge in [-0.1, -0.05) is 6.92 Å². The average molecular weight is 278 g/mol. The minimum Gasteiger partial charge on any atom is -0.352 e. The highest BCUT2D eigenvalue weighted by Gasteiger charge is 2.22. The molecule has 0 unspecified atom stereocenters. The topological polar surface area (TPSA) is 50.2 Å². The van der Waals surface area contributed by atoms with Gasteiger partial charge in [0.05, 0.1) is 0 Å². The molecule has 0 amide bonds. The van der Waals surface area contributed by atoms with Crippen LogP contribution in [0.3, 0.4) is 0 Å². The number of anilines is 1. The number of aromatic nitrogens is 2. The van der Waals surface area contributed by atoms with Crippen LogP contribution < -0.4 is 15.8 Å². The van der Waals surface area contributed by atoms with Crippen LogP contribution in [0.5, 0.6) is 0 Å². The minimum atomic E-state index is 0.0348. The van der Waals surface area contributed by atoms with Crippen LogP contribution in [-0.2, 0) is 0 Å². The molecule has 1 fully saturated rings. The predicted molar refractivity (Wildman–Crippen MR) is 82.4 cm³/mol. The van der Waals surface area contributed by atoms with Gasteiger partial charge in [-0.25, -0.2) is 4.98 Å². The summed E-state index contributed by atoms with van der Waals surface area (Å²) in [6.45, 7) is 10.2. The van der Waals surface area contributed by atoms with Crippen molar-refractivity contribution in [2.24, 2.45) is 5.92 Å². The number of rotatable bonds is 5. The lowest BCUT2D eigenvalue weighted by molar-refractivity contribution is 0.384. The number of piperidine rings is 1. The smallest absolute Gasteiger partial charge is 0.293 e. The Bertz CT molecular complexity index is 475. The molecular weight excluding hydrogens is 252 g/mol. The lowest BCUT2D eigenvalue weighted by Gasteiger charge is -2.32. The van der Waals surface area contributed by atoms with Gasteiger partial charge in [-0.3, -0.25) is 4.79 Å². The molecule has 1 N–H and O–H groups in total. The maximum absolute atomic E-state index is 12.4. The van der Waals surface area contributed by atoms with E-state index in [-0.39, 0.29) is 11.6 Å². The van der Waals surface area contributed by atoms with Crippen molar-refractivity contribution in [2.75, 3.05) is 31.1 Å². The highest BCUT2D eigenvalue weighted by Crippen LogP contribution is 2.19. The highest BCUT2D eigenvalue weighted by molar-refractivity contribution is 5.36. The van der Waals surface area contributed by atoms with E-state index in [0.29, 0.717) is 5.82 Å². The summed E-state index contributed by atoms with van der Waals surface area (Å²) in [5, 5.41) is 3.41. The number of nitrogens with one attached hydrogen (secondary N) is 1. The molecule has 1 saturated heterocycles. The quantitative estimate of drug-likeness (QED) is 0.890. The SMILES string of the molecule is CCNCC1CCN(c2nccn(C(C)C)c2=O)CC1. The van der Waals surface area contributed by atoms with E-state index in [1.54, 1.807) is 17.0 Å². The molecule has 1 aromatic rings. The summed E-state index contributed by atoms with van der Waals surface area (Å²) < 4.78 is 1.76. The normalized spacial score (nSPS) is 16.9. The van der Waals surface area contributed by atoms with Crippen molar-refractivity contribution in [1.82, 2.24) is 14.9 Å². The molecule has 0 bridgehead atoms. The van der Waals surface area contributed by atoms with E-state index in [1.165, 1.54) is 0 Å². The molecule has 1 aromatic heterocycles. The van der Waals surface area contributed by atoms with Gasteiger partial charge < -0.3 is 14.8 Å². The third kappa shape index (κ3) is 3.39. The second kappa shape index (κ2) is 6.88. The molecule has 5 nitrogen and oxygen atoms in total. The van der Waals surface area contributed by atoms with Crippen molar-refractivity contribution >= 4 is 5.82 Å². The van der Waals surface area contributed by atoms with Crippen LogP contribution in [0.2, 0.25) is 0 Å². The van der Waals surface area contributed by atoms with Crippen LogP contribution >= 0.6 is 0 Å². The van der Waals surface area contributed by atoms with E-state index >= 15 is 0 Å². The second-order valence-electron chi connectivity index (χ2n) is 5.80. The van der Waals surface area contributed by atoms with Crippen molar-refractivity contribution in [2.45, 2.75) is 39.7 Å². The van der Waals surface area contributed by atoms with Gasteiger partial charge in [-0.2, -0.15) is 0 Å². The lowest BCUT2D eigenvalue weighted by atomic mass is 9.97. The Hall–Kier alpha value is -1.36. The molecule has 0 aliphatic carbocycles. The van der Waals surface area contributed by atoms with Crippen LogP contribution in [-0.4, -0.2) is 35.7 Å². The third-order valence-electron chi connectivity index (χ3n) is 4.00. The van der Waals surface area contributed by atoms with Gasteiger partial charge in [-0.05, 0) is 45.7 Å². The molecule has 2 heterocycles. The van der Waals surface area contributed by atoms with Crippen molar-refractivity contribution in [1.29, 1.82) is 0 Å². The van der Waals surface area contributed by atoms with Gasteiger partial charge in [0.15, 0.2) is 5.82 Å². The van der Waals surface area contributed by atoms with Crippen LogP contribution in [0.15, 0.2) is 17.2 Å². The Kier molecular flexibility index (Phi) is 5.17. The summed E-state index contributed by atoms with van der Waals surface area (Å²) in [4.78, 5) is 18.9. The van der Waals surface area contributed by atoms with E-state index in [9.17, 15) is 4.79 Å². The Balaban J connectivity index is 2.04. The summed E-state index contributed by atoms with van der Waals surface area (Å²) >= 11 is 0.